The van der Waals surface area contributed by atoms with E-state index in [2.05, 4.69) is 20.4 Å². The Labute approximate surface area is 147 Å². The van der Waals surface area contributed by atoms with Gasteiger partial charge in [0.2, 0.25) is 0 Å². The number of aromatic amines is 2. The fourth-order valence-electron chi connectivity index (χ4n) is 2.55. The summed E-state index contributed by atoms with van der Waals surface area (Å²) >= 11 is 0. The van der Waals surface area contributed by atoms with Gasteiger partial charge in [0.15, 0.2) is 6.10 Å². The van der Waals surface area contributed by atoms with E-state index in [9.17, 15) is 14.4 Å². The lowest BCUT2D eigenvalue weighted by atomic mass is 10.1. The van der Waals surface area contributed by atoms with Gasteiger partial charge in [0.05, 0.1) is 16.7 Å². The van der Waals surface area contributed by atoms with Crippen molar-refractivity contribution >= 4 is 28.6 Å². The fourth-order valence-corrected chi connectivity index (χ4v) is 2.55. The third kappa shape index (κ3) is 3.37. The minimum atomic E-state index is -1.03. The molecule has 0 aliphatic carbocycles. The number of nitrogens with zero attached hydrogens (tertiary/aromatic N) is 1. The predicted molar refractivity (Wildman–Crippen MR) is 93.0 cm³/mol. The van der Waals surface area contributed by atoms with Crippen LogP contribution >= 0.6 is 0 Å². The Hall–Kier alpha value is -3.36. The summed E-state index contributed by atoms with van der Waals surface area (Å²) in [4.78, 5) is 41.1. The van der Waals surface area contributed by atoms with Crippen LogP contribution < -0.4 is 11.0 Å². The molecular formula is C17H18N4O5. The summed E-state index contributed by atoms with van der Waals surface area (Å²) < 4.78 is 10.2. The van der Waals surface area contributed by atoms with Crippen molar-refractivity contribution in [3.05, 3.63) is 45.7 Å². The Balaban J connectivity index is 1.69. The molecular weight excluding hydrogens is 340 g/mol. The number of aryl methyl sites for hydroxylation is 2. The number of carbonyl (C=O) groups is 2. The highest BCUT2D eigenvalue weighted by molar-refractivity contribution is 5.98. The zero-order valence-corrected chi connectivity index (χ0v) is 14.5. The molecule has 3 aromatic rings. The monoisotopic (exact) mass is 358 g/mol. The lowest BCUT2D eigenvalue weighted by molar-refractivity contribution is -0.123. The number of anilines is 1. The maximum absolute atomic E-state index is 12.3. The third-order valence-corrected chi connectivity index (χ3v) is 3.91. The van der Waals surface area contributed by atoms with Crippen LogP contribution in [0.2, 0.25) is 0 Å². The minimum absolute atomic E-state index is 0.249. The number of rotatable bonds is 5. The molecule has 26 heavy (non-hydrogen) atoms. The number of hydrogen-bond acceptors (Lipinski definition) is 6. The van der Waals surface area contributed by atoms with E-state index < -0.39 is 18.0 Å². The third-order valence-electron chi connectivity index (χ3n) is 3.91. The first kappa shape index (κ1) is 17.5. The number of fused-ring (bicyclic) bond motifs is 1. The second kappa shape index (κ2) is 6.87. The standard InChI is InChI=1S/C17H18N4O5/c1-4-11-14(8(2)26-21-11)16(23)25-9(3)15(22)18-10-5-6-12-13(7-10)20-17(24)19-12/h5-7,9H,4H2,1-3H3,(H,18,22)(H2,19,20,24). The SMILES string of the molecule is CCc1noc(C)c1C(=O)OC(C)C(=O)Nc1ccc2[nH]c(=O)[nH]c2c1. The Morgan fingerprint density at radius 3 is 2.77 bits per heavy atom. The molecule has 2 aromatic heterocycles. The molecule has 0 fully saturated rings. The number of carbonyl (C=O) groups excluding carboxylic acids is 2. The van der Waals surface area contributed by atoms with Gasteiger partial charge in [-0.25, -0.2) is 9.59 Å². The highest BCUT2D eigenvalue weighted by atomic mass is 16.5. The van der Waals surface area contributed by atoms with Crippen molar-refractivity contribution in [3.8, 4) is 0 Å². The van der Waals surface area contributed by atoms with Crippen molar-refractivity contribution in [1.29, 1.82) is 0 Å². The zero-order valence-electron chi connectivity index (χ0n) is 14.5. The summed E-state index contributed by atoms with van der Waals surface area (Å²) in [5.41, 5.74) is 2.06. The van der Waals surface area contributed by atoms with E-state index in [1.165, 1.54) is 6.92 Å². The molecule has 9 nitrogen and oxygen atoms in total. The zero-order chi connectivity index (χ0) is 18.8. The number of imidazole rings is 1. The van der Waals surface area contributed by atoms with Gasteiger partial charge in [0.1, 0.15) is 11.3 Å². The van der Waals surface area contributed by atoms with Gasteiger partial charge in [0.25, 0.3) is 5.91 Å². The van der Waals surface area contributed by atoms with Gasteiger partial charge < -0.3 is 24.5 Å². The molecule has 2 heterocycles. The number of benzene rings is 1. The average molecular weight is 358 g/mol. The van der Waals surface area contributed by atoms with Gasteiger partial charge in [-0.3, -0.25) is 4.79 Å². The van der Waals surface area contributed by atoms with Crippen LogP contribution in [0.1, 0.15) is 35.7 Å². The largest absolute Gasteiger partial charge is 0.449 e. The van der Waals surface area contributed by atoms with Crippen molar-refractivity contribution in [2.45, 2.75) is 33.3 Å². The summed E-state index contributed by atoms with van der Waals surface area (Å²) in [5.74, 6) is -0.808. The fraction of sp³-hybridized carbons (Fsp3) is 0.294. The number of aromatic nitrogens is 3. The van der Waals surface area contributed by atoms with Crippen molar-refractivity contribution < 1.29 is 18.8 Å². The van der Waals surface area contributed by atoms with Crippen LogP contribution in [0.5, 0.6) is 0 Å². The highest BCUT2D eigenvalue weighted by Gasteiger charge is 2.25. The molecule has 1 aromatic carbocycles. The topological polar surface area (TPSA) is 130 Å². The summed E-state index contributed by atoms with van der Waals surface area (Å²) in [7, 11) is 0. The van der Waals surface area contributed by atoms with E-state index in [0.717, 1.165) is 0 Å². The Bertz CT molecular complexity index is 1030. The van der Waals surface area contributed by atoms with Crippen molar-refractivity contribution in [2.75, 3.05) is 5.32 Å². The number of esters is 1. The molecule has 1 unspecified atom stereocenters. The van der Waals surface area contributed by atoms with Crippen LogP contribution in [0.3, 0.4) is 0 Å². The van der Waals surface area contributed by atoms with Crippen LogP contribution in [0.15, 0.2) is 27.5 Å². The maximum atomic E-state index is 12.3. The quantitative estimate of drug-likeness (QED) is 0.597. The lowest BCUT2D eigenvalue weighted by Gasteiger charge is -2.13. The molecule has 0 radical (unpaired) electrons. The van der Waals surface area contributed by atoms with Crippen molar-refractivity contribution in [3.63, 3.8) is 0 Å². The first-order valence-corrected chi connectivity index (χ1v) is 8.08. The molecule has 136 valence electrons. The minimum Gasteiger partial charge on any atom is -0.449 e. The Kier molecular flexibility index (Phi) is 4.61. The first-order chi connectivity index (χ1) is 12.4. The number of amides is 1. The molecule has 0 saturated carbocycles. The summed E-state index contributed by atoms with van der Waals surface area (Å²) in [6.45, 7) is 4.92. The van der Waals surface area contributed by atoms with Crippen molar-refractivity contribution in [2.24, 2.45) is 0 Å². The normalized spacial score (nSPS) is 12.1. The number of ether oxygens (including phenoxy) is 1. The van der Waals surface area contributed by atoms with Gasteiger partial charge in [-0.05, 0) is 38.5 Å². The van der Waals surface area contributed by atoms with Crippen LogP contribution in [0.4, 0.5) is 5.69 Å². The second-order valence-electron chi connectivity index (χ2n) is 5.79. The highest BCUT2D eigenvalue weighted by Crippen LogP contribution is 2.18. The van der Waals surface area contributed by atoms with E-state index >= 15 is 0 Å². The smallest absolute Gasteiger partial charge is 0.344 e. The molecule has 0 aliphatic heterocycles. The molecule has 0 aliphatic rings. The van der Waals surface area contributed by atoms with Crippen LogP contribution in [0, 0.1) is 6.92 Å². The second-order valence-corrected chi connectivity index (χ2v) is 5.79. The van der Waals surface area contributed by atoms with E-state index in [4.69, 9.17) is 9.26 Å². The van der Waals surface area contributed by atoms with Crippen molar-refractivity contribution in [1.82, 2.24) is 15.1 Å². The van der Waals surface area contributed by atoms with Crippen LogP contribution in [-0.2, 0) is 16.0 Å². The molecule has 3 N–H and O–H groups in total. The summed E-state index contributed by atoms with van der Waals surface area (Å²) in [6, 6.07) is 4.91. The molecule has 1 amide bonds. The molecule has 3 rings (SSSR count). The Morgan fingerprint density at radius 1 is 1.31 bits per heavy atom. The number of H-pyrrole nitrogens is 2. The molecule has 0 saturated heterocycles. The number of hydrogen-bond donors (Lipinski definition) is 3. The molecule has 0 spiro atoms. The summed E-state index contributed by atoms with van der Waals surface area (Å²) in [5, 5.41) is 6.44. The van der Waals surface area contributed by atoms with Gasteiger partial charge in [0, 0.05) is 5.69 Å². The van der Waals surface area contributed by atoms with Crippen LogP contribution in [0.25, 0.3) is 11.0 Å². The first-order valence-electron chi connectivity index (χ1n) is 8.08. The lowest BCUT2D eigenvalue weighted by Crippen LogP contribution is -2.30. The molecule has 1 atom stereocenters. The van der Waals surface area contributed by atoms with Gasteiger partial charge in [-0.1, -0.05) is 12.1 Å². The average Bonchev–Trinajstić information content (AvgIpc) is 3.15. The summed E-state index contributed by atoms with van der Waals surface area (Å²) in [6.07, 6.45) is -0.514. The maximum Gasteiger partial charge on any atom is 0.344 e. The predicted octanol–water partition coefficient (Wildman–Crippen LogP) is 1.90. The van der Waals surface area contributed by atoms with Gasteiger partial charge in [-0.2, -0.15) is 0 Å². The van der Waals surface area contributed by atoms with Gasteiger partial charge in [-0.15, -0.1) is 0 Å². The van der Waals surface area contributed by atoms with E-state index in [1.54, 1.807) is 25.1 Å². The van der Waals surface area contributed by atoms with E-state index in [-0.39, 0.29) is 11.3 Å². The molecule has 9 heteroatoms. The molecule has 0 bridgehead atoms. The van der Waals surface area contributed by atoms with E-state index in [1.807, 2.05) is 6.92 Å². The Morgan fingerprint density at radius 2 is 2.04 bits per heavy atom. The number of nitrogens with one attached hydrogen (secondary N) is 3. The van der Waals surface area contributed by atoms with Gasteiger partial charge >= 0.3 is 11.7 Å². The van der Waals surface area contributed by atoms with E-state index in [0.29, 0.717) is 34.6 Å². The van der Waals surface area contributed by atoms with Crippen LogP contribution in [-0.4, -0.2) is 33.1 Å².